The van der Waals surface area contributed by atoms with Crippen molar-refractivity contribution in [1.29, 1.82) is 0 Å². The van der Waals surface area contributed by atoms with Crippen molar-refractivity contribution in [2.75, 3.05) is 31.3 Å². The van der Waals surface area contributed by atoms with Crippen molar-refractivity contribution in [1.82, 2.24) is 14.5 Å². The largest absolute Gasteiger partial charge is 0.486 e. The molecule has 0 radical (unpaired) electrons. The summed E-state index contributed by atoms with van der Waals surface area (Å²) >= 11 is 0. The molecule has 0 saturated carbocycles. The molecule has 4 aromatic rings. The highest BCUT2D eigenvalue weighted by atomic mass is 16.6. The normalized spacial score (nSPS) is 17.2. The van der Waals surface area contributed by atoms with E-state index < -0.39 is 0 Å². The number of H-pyrrole nitrogens is 1. The first-order valence-electron chi connectivity index (χ1n) is 14.2. The Labute approximate surface area is 240 Å². The Morgan fingerprint density at radius 3 is 2.39 bits per heavy atom. The van der Waals surface area contributed by atoms with Crippen LogP contribution in [0.25, 0.3) is 11.0 Å². The molecule has 3 heterocycles. The number of hydrogen-bond acceptors (Lipinski definition) is 7. The summed E-state index contributed by atoms with van der Waals surface area (Å²) in [5.74, 6) is 15.1. The van der Waals surface area contributed by atoms with E-state index in [-0.39, 0.29) is 19.2 Å². The van der Waals surface area contributed by atoms with Crippen LogP contribution in [0.15, 0.2) is 76.6 Å². The second kappa shape index (κ2) is 11.3. The van der Waals surface area contributed by atoms with E-state index in [1.165, 1.54) is 10.6 Å². The number of nitrogens with two attached hydrogens (primary N) is 2. The van der Waals surface area contributed by atoms with Gasteiger partial charge < -0.3 is 20.3 Å². The second-order valence-corrected chi connectivity index (χ2v) is 11.0. The molecule has 2 aliphatic rings. The lowest BCUT2D eigenvalue weighted by Gasteiger charge is -2.40. The van der Waals surface area contributed by atoms with E-state index in [1.54, 1.807) is 0 Å². The van der Waals surface area contributed by atoms with Gasteiger partial charge in [-0.1, -0.05) is 50.2 Å². The average Bonchev–Trinajstić information content (AvgIpc) is 3.35. The van der Waals surface area contributed by atoms with Crippen molar-refractivity contribution in [3.8, 4) is 11.5 Å². The van der Waals surface area contributed by atoms with Gasteiger partial charge in [0.25, 0.3) is 0 Å². The van der Waals surface area contributed by atoms with Crippen molar-refractivity contribution >= 4 is 22.6 Å². The Hall–Kier alpha value is -4.28. The van der Waals surface area contributed by atoms with Gasteiger partial charge in [0.2, 0.25) is 0 Å². The number of aromatic nitrogens is 2. The molecule has 0 aliphatic carbocycles. The number of hydrazone groups is 1. The van der Waals surface area contributed by atoms with Crippen molar-refractivity contribution in [3.63, 3.8) is 0 Å². The molecule has 10 nitrogen and oxygen atoms in total. The summed E-state index contributed by atoms with van der Waals surface area (Å²) in [6.45, 7) is 6.84. The number of ether oxygens (including phenoxy) is 2. The highest BCUT2D eigenvalue weighted by molar-refractivity contribution is 6.01. The van der Waals surface area contributed by atoms with E-state index in [1.807, 2.05) is 47.0 Å². The number of likely N-dealkylation sites (tertiary alicyclic amines) is 1. The monoisotopic (exact) mass is 557 g/mol. The number of rotatable bonds is 6. The van der Waals surface area contributed by atoms with Crippen LogP contribution in [-0.4, -0.2) is 46.6 Å². The molecule has 2 aliphatic heterocycles. The number of benzene rings is 3. The molecule has 216 valence electrons. The fourth-order valence-corrected chi connectivity index (χ4v) is 6.00. The SMILES string of the molecule is CC(C)c1ccc(C(/C(=N/N)N(N)c2ccc3c(c2)OCCO3)N2CCC(n3c(=O)[nH]c4ccccc43)CC2)cc1.[HH]. The van der Waals surface area contributed by atoms with Crippen LogP contribution >= 0.6 is 0 Å². The Bertz CT molecular complexity index is 1610. The molecular weight excluding hydrogens is 518 g/mol. The van der Waals surface area contributed by atoms with Crippen LogP contribution < -0.4 is 31.9 Å². The Morgan fingerprint density at radius 1 is 1.00 bits per heavy atom. The summed E-state index contributed by atoms with van der Waals surface area (Å²) in [6, 6.07) is 21.8. The van der Waals surface area contributed by atoms with Crippen LogP contribution in [0.1, 0.15) is 57.2 Å². The summed E-state index contributed by atoms with van der Waals surface area (Å²) in [4.78, 5) is 18.2. The molecule has 1 saturated heterocycles. The molecular formula is C31H39N7O3. The minimum absolute atomic E-state index is 0. The topological polar surface area (TPSA) is 127 Å². The standard InChI is InChI=1S/C31H37N7O3.H2/c1-20(2)21-7-9-22(10-8-21)29(30(35-32)38(33)24-11-12-27-28(19-24)41-18-17-40-27)36-15-13-23(14-16-36)37-26-6-4-3-5-25(26)34-31(37)39;/h3-12,19-20,23,29H,13-18,32-33H2,1-2H3,(H,34,39);1H/b35-30-;. The predicted octanol–water partition coefficient (Wildman–Crippen LogP) is 4.50. The van der Waals surface area contributed by atoms with E-state index in [9.17, 15) is 4.79 Å². The maximum absolute atomic E-state index is 12.9. The van der Waals surface area contributed by atoms with E-state index in [0.717, 1.165) is 42.5 Å². The zero-order valence-electron chi connectivity index (χ0n) is 23.5. The zero-order chi connectivity index (χ0) is 28.5. The first-order chi connectivity index (χ1) is 19.9. The number of piperidine rings is 1. The lowest BCUT2D eigenvalue weighted by molar-refractivity contribution is 0.164. The molecule has 41 heavy (non-hydrogen) atoms. The molecule has 3 aromatic carbocycles. The molecule has 5 N–H and O–H groups in total. The fourth-order valence-electron chi connectivity index (χ4n) is 6.00. The number of nitrogens with zero attached hydrogens (tertiary/aromatic N) is 4. The van der Waals surface area contributed by atoms with Crippen LogP contribution in [-0.2, 0) is 0 Å². The Kier molecular flexibility index (Phi) is 7.42. The first-order valence-corrected chi connectivity index (χ1v) is 14.2. The number of anilines is 1. The summed E-state index contributed by atoms with van der Waals surface area (Å²) < 4.78 is 13.4. The smallest absolute Gasteiger partial charge is 0.326 e. The van der Waals surface area contributed by atoms with Gasteiger partial charge in [-0.2, -0.15) is 5.10 Å². The van der Waals surface area contributed by atoms with Gasteiger partial charge in [0.15, 0.2) is 17.3 Å². The highest BCUT2D eigenvalue weighted by Crippen LogP contribution is 2.36. The minimum Gasteiger partial charge on any atom is -0.486 e. The van der Waals surface area contributed by atoms with E-state index >= 15 is 0 Å². The van der Waals surface area contributed by atoms with Crippen molar-refractivity contribution in [3.05, 3.63) is 88.3 Å². The van der Waals surface area contributed by atoms with Crippen molar-refractivity contribution in [2.24, 2.45) is 16.8 Å². The predicted molar refractivity (Wildman–Crippen MR) is 164 cm³/mol. The third-order valence-electron chi connectivity index (χ3n) is 8.20. The van der Waals surface area contributed by atoms with Gasteiger partial charge in [-0.3, -0.25) is 14.5 Å². The lowest BCUT2D eigenvalue weighted by atomic mass is 9.95. The summed E-state index contributed by atoms with van der Waals surface area (Å²) in [6.07, 6.45) is 1.60. The number of aromatic amines is 1. The van der Waals surface area contributed by atoms with Gasteiger partial charge in [0, 0.05) is 26.6 Å². The van der Waals surface area contributed by atoms with Gasteiger partial charge in [0.1, 0.15) is 13.2 Å². The number of imidazole rings is 1. The molecule has 10 heteroatoms. The number of fused-ring (bicyclic) bond motifs is 2. The van der Waals surface area contributed by atoms with Gasteiger partial charge >= 0.3 is 5.69 Å². The van der Waals surface area contributed by atoms with Crippen LogP contribution in [0.3, 0.4) is 0 Å². The summed E-state index contributed by atoms with van der Waals surface area (Å²) in [5, 5.41) is 5.79. The van der Waals surface area contributed by atoms with Gasteiger partial charge in [0.05, 0.1) is 22.8 Å². The molecule has 1 fully saturated rings. The second-order valence-electron chi connectivity index (χ2n) is 11.0. The summed E-state index contributed by atoms with van der Waals surface area (Å²) in [7, 11) is 0. The Morgan fingerprint density at radius 2 is 1.68 bits per heavy atom. The van der Waals surface area contributed by atoms with Crippen LogP contribution in [0.2, 0.25) is 0 Å². The molecule has 6 rings (SSSR count). The van der Waals surface area contributed by atoms with Crippen LogP contribution in [0.4, 0.5) is 5.69 Å². The zero-order valence-corrected chi connectivity index (χ0v) is 23.5. The third-order valence-corrected chi connectivity index (χ3v) is 8.20. The third kappa shape index (κ3) is 5.16. The minimum atomic E-state index is -0.292. The number of hydrazine groups is 1. The number of hydrogen-bond donors (Lipinski definition) is 3. The fraction of sp³-hybridized carbons (Fsp3) is 0.355. The van der Waals surface area contributed by atoms with Crippen LogP contribution in [0.5, 0.6) is 11.5 Å². The number of amidine groups is 1. The molecule has 1 atom stereocenters. The number of nitrogens with one attached hydrogen (secondary N) is 1. The maximum atomic E-state index is 12.9. The first kappa shape index (κ1) is 26.9. The van der Waals surface area contributed by atoms with E-state index in [0.29, 0.717) is 42.2 Å². The molecule has 0 spiro atoms. The molecule has 0 bridgehead atoms. The van der Waals surface area contributed by atoms with Gasteiger partial charge in [-0.15, -0.1) is 0 Å². The summed E-state index contributed by atoms with van der Waals surface area (Å²) in [5.41, 5.74) is 4.73. The average molecular weight is 558 g/mol. The maximum Gasteiger partial charge on any atom is 0.326 e. The molecule has 1 unspecified atom stereocenters. The number of para-hydroxylation sites is 2. The van der Waals surface area contributed by atoms with E-state index in [2.05, 4.69) is 53.1 Å². The van der Waals surface area contributed by atoms with Crippen LogP contribution in [0, 0.1) is 0 Å². The lowest BCUT2D eigenvalue weighted by Crippen LogP contribution is -2.49. The molecule has 1 aromatic heterocycles. The van der Waals surface area contributed by atoms with Crippen molar-refractivity contribution in [2.45, 2.75) is 44.7 Å². The van der Waals surface area contributed by atoms with E-state index in [4.69, 9.17) is 21.2 Å². The Balaban J connectivity index is 0.00000353. The quantitative estimate of drug-likeness (QED) is 0.138. The highest BCUT2D eigenvalue weighted by Gasteiger charge is 2.34. The van der Waals surface area contributed by atoms with Gasteiger partial charge in [-0.05, 0) is 54.2 Å². The van der Waals surface area contributed by atoms with Crippen molar-refractivity contribution < 1.29 is 10.9 Å². The molecule has 0 amide bonds. The van der Waals surface area contributed by atoms with Gasteiger partial charge in [-0.25, -0.2) is 10.6 Å².